The summed E-state index contributed by atoms with van der Waals surface area (Å²) in [6, 6.07) is 0.227. The van der Waals surface area contributed by atoms with Crippen LogP contribution in [0.3, 0.4) is 0 Å². The number of nitrogens with zero attached hydrogens (tertiary/aromatic N) is 2. The number of carbonyl (C=O) groups is 1. The monoisotopic (exact) mass is 323 g/mol. The summed E-state index contributed by atoms with van der Waals surface area (Å²) in [6.45, 7) is 7.79. The zero-order valence-corrected chi connectivity index (χ0v) is 14.5. The van der Waals surface area contributed by atoms with Gasteiger partial charge in [0.15, 0.2) is 5.96 Å². The molecular formula is C15H25N5OS. The summed E-state index contributed by atoms with van der Waals surface area (Å²) >= 11 is 1.66. The van der Waals surface area contributed by atoms with Gasteiger partial charge in [-0.3, -0.25) is 9.79 Å². The van der Waals surface area contributed by atoms with Gasteiger partial charge in [-0.15, -0.1) is 11.3 Å². The minimum absolute atomic E-state index is 0.0784. The largest absolute Gasteiger partial charge is 0.354 e. The summed E-state index contributed by atoms with van der Waals surface area (Å²) in [4.78, 5) is 20.1. The first-order valence-electron chi connectivity index (χ1n) is 7.57. The number of hydrogen-bond acceptors (Lipinski definition) is 4. The molecule has 6 nitrogen and oxygen atoms in total. The molecule has 1 amide bonds. The molecule has 0 aliphatic carbocycles. The van der Waals surface area contributed by atoms with Gasteiger partial charge in [0.25, 0.3) is 0 Å². The maximum Gasteiger partial charge on any atom is 0.220 e. The fourth-order valence-electron chi connectivity index (χ4n) is 2.14. The van der Waals surface area contributed by atoms with Crippen LogP contribution in [0.15, 0.2) is 10.4 Å². The molecule has 7 heteroatoms. The normalized spacial score (nSPS) is 19.7. The van der Waals surface area contributed by atoms with Crippen LogP contribution in [-0.2, 0) is 16.8 Å². The standard InChI is InChI=1S/C15H25N5OS/c1-15(2,3)11-9-22-13(20-11)8-18-14(16-4)19-10-5-6-12(21)17-7-10/h9-10H,5-8H2,1-4H3,(H,17,21)(H2,16,18,19). The number of aromatic nitrogens is 1. The molecule has 1 saturated heterocycles. The smallest absolute Gasteiger partial charge is 0.220 e. The molecule has 0 aromatic carbocycles. The van der Waals surface area contributed by atoms with E-state index >= 15 is 0 Å². The van der Waals surface area contributed by atoms with Gasteiger partial charge < -0.3 is 16.0 Å². The predicted octanol–water partition coefficient (Wildman–Crippen LogP) is 1.38. The van der Waals surface area contributed by atoms with E-state index in [1.807, 2.05) is 0 Å². The summed E-state index contributed by atoms with van der Waals surface area (Å²) in [5, 5.41) is 12.6. The number of hydrogen-bond donors (Lipinski definition) is 3. The Bertz CT molecular complexity index is 536. The van der Waals surface area contributed by atoms with E-state index in [4.69, 9.17) is 0 Å². The summed E-state index contributed by atoms with van der Waals surface area (Å²) in [5.74, 6) is 0.868. The Kier molecular flexibility index (Phi) is 5.39. The second-order valence-corrected chi connectivity index (χ2v) is 7.43. The number of rotatable bonds is 3. The van der Waals surface area contributed by atoms with Crippen LogP contribution in [0.1, 0.15) is 44.3 Å². The summed E-state index contributed by atoms with van der Waals surface area (Å²) in [6.07, 6.45) is 1.40. The highest BCUT2D eigenvalue weighted by Gasteiger charge is 2.19. The van der Waals surface area contributed by atoms with E-state index in [9.17, 15) is 4.79 Å². The van der Waals surface area contributed by atoms with E-state index < -0.39 is 0 Å². The van der Waals surface area contributed by atoms with Crippen molar-refractivity contribution in [3.05, 3.63) is 16.1 Å². The van der Waals surface area contributed by atoms with Crippen LogP contribution in [0.25, 0.3) is 0 Å². The fraction of sp³-hybridized carbons (Fsp3) is 0.667. The highest BCUT2D eigenvalue weighted by atomic mass is 32.1. The van der Waals surface area contributed by atoms with Crippen molar-refractivity contribution in [1.82, 2.24) is 20.9 Å². The van der Waals surface area contributed by atoms with Crippen molar-refractivity contribution in [3.8, 4) is 0 Å². The maximum absolute atomic E-state index is 11.2. The molecule has 1 aromatic heterocycles. The Morgan fingerprint density at radius 3 is 2.86 bits per heavy atom. The fourth-order valence-corrected chi connectivity index (χ4v) is 3.10. The van der Waals surface area contributed by atoms with E-state index in [2.05, 4.69) is 52.1 Å². The van der Waals surface area contributed by atoms with Gasteiger partial charge >= 0.3 is 0 Å². The van der Waals surface area contributed by atoms with Crippen molar-refractivity contribution in [2.45, 2.75) is 51.6 Å². The van der Waals surface area contributed by atoms with Crippen LogP contribution >= 0.6 is 11.3 Å². The van der Waals surface area contributed by atoms with E-state index in [-0.39, 0.29) is 17.4 Å². The quantitative estimate of drug-likeness (QED) is 0.580. The topological polar surface area (TPSA) is 78.4 Å². The minimum Gasteiger partial charge on any atom is -0.354 e. The van der Waals surface area contributed by atoms with Crippen molar-refractivity contribution in [2.75, 3.05) is 13.6 Å². The molecule has 1 aliphatic heterocycles. The first-order valence-corrected chi connectivity index (χ1v) is 8.45. The summed E-state index contributed by atoms with van der Waals surface area (Å²) in [5.41, 5.74) is 1.20. The second kappa shape index (κ2) is 7.09. The molecule has 1 unspecified atom stereocenters. The van der Waals surface area contributed by atoms with E-state index in [1.165, 1.54) is 0 Å². The molecule has 2 rings (SSSR count). The third-order valence-corrected chi connectivity index (χ3v) is 4.41. The number of aliphatic imine (C=N–C) groups is 1. The average Bonchev–Trinajstić information content (AvgIpc) is 2.94. The number of amides is 1. The lowest BCUT2D eigenvalue weighted by Gasteiger charge is -2.25. The zero-order valence-electron chi connectivity index (χ0n) is 13.7. The summed E-state index contributed by atoms with van der Waals surface area (Å²) in [7, 11) is 1.75. The highest BCUT2D eigenvalue weighted by molar-refractivity contribution is 7.09. The second-order valence-electron chi connectivity index (χ2n) is 6.49. The van der Waals surface area contributed by atoms with Gasteiger partial charge in [0.2, 0.25) is 5.91 Å². The first kappa shape index (κ1) is 16.7. The maximum atomic E-state index is 11.2. The number of guanidine groups is 1. The van der Waals surface area contributed by atoms with Gasteiger partial charge in [-0.1, -0.05) is 20.8 Å². The van der Waals surface area contributed by atoms with Crippen molar-refractivity contribution in [1.29, 1.82) is 0 Å². The van der Waals surface area contributed by atoms with E-state index in [1.54, 1.807) is 18.4 Å². The van der Waals surface area contributed by atoms with Crippen LogP contribution in [0.2, 0.25) is 0 Å². The molecule has 1 atom stereocenters. The lowest BCUT2D eigenvalue weighted by Crippen LogP contribution is -2.51. The average molecular weight is 323 g/mol. The van der Waals surface area contributed by atoms with Crippen LogP contribution in [-0.4, -0.2) is 36.5 Å². The lowest BCUT2D eigenvalue weighted by molar-refractivity contribution is -0.122. The van der Waals surface area contributed by atoms with Crippen molar-refractivity contribution in [2.24, 2.45) is 4.99 Å². The molecule has 1 fully saturated rings. The zero-order chi connectivity index (χ0) is 16.2. The van der Waals surface area contributed by atoms with Gasteiger partial charge in [0.05, 0.1) is 12.2 Å². The SMILES string of the molecule is CN=C(NCc1nc(C(C)(C)C)cs1)NC1CCC(=O)NC1. The van der Waals surface area contributed by atoms with Gasteiger partial charge in [0.1, 0.15) is 5.01 Å². The highest BCUT2D eigenvalue weighted by Crippen LogP contribution is 2.23. The molecule has 0 bridgehead atoms. The number of thiazole rings is 1. The Hall–Kier alpha value is -1.63. The molecule has 0 radical (unpaired) electrons. The molecule has 0 spiro atoms. The molecule has 1 aromatic rings. The van der Waals surface area contributed by atoms with Gasteiger partial charge in [0, 0.05) is 36.9 Å². The van der Waals surface area contributed by atoms with Gasteiger partial charge in [-0.25, -0.2) is 4.98 Å². The van der Waals surface area contributed by atoms with Crippen LogP contribution in [0, 0.1) is 0 Å². The summed E-state index contributed by atoms with van der Waals surface area (Å²) < 4.78 is 0. The number of piperidine rings is 1. The number of nitrogens with one attached hydrogen (secondary N) is 3. The Morgan fingerprint density at radius 2 is 2.32 bits per heavy atom. The minimum atomic E-state index is 0.0784. The van der Waals surface area contributed by atoms with Gasteiger partial charge in [-0.05, 0) is 6.42 Å². The van der Waals surface area contributed by atoms with E-state index in [0.29, 0.717) is 19.5 Å². The molecule has 22 heavy (non-hydrogen) atoms. The van der Waals surface area contributed by atoms with Crippen LogP contribution in [0.5, 0.6) is 0 Å². The third kappa shape index (κ3) is 4.69. The molecule has 2 heterocycles. The van der Waals surface area contributed by atoms with Crippen molar-refractivity contribution in [3.63, 3.8) is 0 Å². The van der Waals surface area contributed by atoms with Crippen LogP contribution < -0.4 is 16.0 Å². The molecular weight excluding hydrogens is 298 g/mol. The lowest BCUT2D eigenvalue weighted by atomic mass is 9.93. The third-order valence-electron chi connectivity index (χ3n) is 3.56. The van der Waals surface area contributed by atoms with E-state index in [0.717, 1.165) is 23.1 Å². The molecule has 1 aliphatic rings. The molecule has 3 N–H and O–H groups in total. The molecule has 122 valence electrons. The number of carbonyl (C=O) groups excluding carboxylic acids is 1. The predicted molar refractivity (Wildman–Crippen MR) is 90.2 cm³/mol. The Balaban J connectivity index is 1.84. The Morgan fingerprint density at radius 1 is 1.55 bits per heavy atom. The van der Waals surface area contributed by atoms with Crippen LogP contribution in [0.4, 0.5) is 0 Å². The van der Waals surface area contributed by atoms with Crippen molar-refractivity contribution < 1.29 is 4.79 Å². The van der Waals surface area contributed by atoms with Crippen molar-refractivity contribution >= 4 is 23.2 Å². The Labute approximate surface area is 135 Å². The van der Waals surface area contributed by atoms with Gasteiger partial charge in [-0.2, -0.15) is 0 Å². The molecule has 0 saturated carbocycles. The first-order chi connectivity index (χ1) is 10.4.